The number of aromatic nitrogens is 1. The van der Waals surface area contributed by atoms with E-state index in [9.17, 15) is 14.7 Å². The Bertz CT molecular complexity index is 1290. The van der Waals surface area contributed by atoms with Gasteiger partial charge in [0.15, 0.2) is 0 Å². The molecule has 6 nitrogen and oxygen atoms in total. The Morgan fingerprint density at radius 3 is 2.50 bits per heavy atom. The van der Waals surface area contributed by atoms with Gasteiger partial charge < -0.3 is 15.7 Å². The van der Waals surface area contributed by atoms with E-state index in [-0.39, 0.29) is 17.3 Å². The van der Waals surface area contributed by atoms with Crippen molar-refractivity contribution >= 4 is 56.7 Å². The molecule has 0 aliphatic rings. The Morgan fingerprint density at radius 2 is 1.73 bits per heavy atom. The van der Waals surface area contributed by atoms with E-state index in [0.29, 0.717) is 21.6 Å². The van der Waals surface area contributed by atoms with Gasteiger partial charge in [-0.1, -0.05) is 41.9 Å². The largest absolute Gasteiger partial charge is 0.478 e. The summed E-state index contributed by atoms with van der Waals surface area (Å²) in [5.74, 6) is -1.33. The molecular weight excluding hydrogens is 402 g/mol. The molecule has 1 aromatic heterocycles. The minimum atomic E-state index is -1.14. The average Bonchev–Trinajstić information content (AvgIpc) is 2.73. The van der Waals surface area contributed by atoms with Gasteiger partial charge in [0.1, 0.15) is 17.4 Å². The number of aromatic carboxylic acids is 1. The fourth-order valence-corrected chi connectivity index (χ4v) is 3.39. The average molecular weight is 420 g/mol. The molecule has 1 heterocycles. The normalized spacial score (nSPS) is 11.9. The third-order valence-corrected chi connectivity index (χ3v) is 5.01. The number of hydrogen-bond donors (Lipinski definition) is 3. The summed E-state index contributed by atoms with van der Waals surface area (Å²) >= 11 is 5.99. The van der Waals surface area contributed by atoms with Crippen molar-refractivity contribution in [2.75, 3.05) is 10.6 Å². The maximum absolute atomic E-state index is 12.7. The van der Waals surface area contributed by atoms with Crippen LogP contribution in [0.1, 0.15) is 17.3 Å². The Labute approximate surface area is 177 Å². The first-order valence-corrected chi connectivity index (χ1v) is 9.68. The van der Waals surface area contributed by atoms with Gasteiger partial charge in [-0.25, -0.2) is 9.78 Å². The van der Waals surface area contributed by atoms with Crippen LogP contribution in [0.25, 0.3) is 21.7 Å². The molecule has 1 unspecified atom stereocenters. The third-order valence-electron chi connectivity index (χ3n) is 4.77. The maximum atomic E-state index is 12.7. The lowest BCUT2D eigenvalue weighted by molar-refractivity contribution is -0.116. The van der Waals surface area contributed by atoms with Crippen molar-refractivity contribution in [2.45, 2.75) is 13.0 Å². The highest BCUT2D eigenvalue weighted by Gasteiger charge is 2.19. The van der Waals surface area contributed by atoms with Crippen LogP contribution < -0.4 is 10.6 Å². The number of rotatable bonds is 5. The van der Waals surface area contributed by atoms with Gasteiger partial charge in [0.05, 0.1) is 5.52 Å². The van der Waals surface area contributed by atoms with Gasteiger partial charge in [-0.05, 0) is 54.1 Å². The molecule has 0 saturated carbocycles. The number of halogens is 1. The Kier molecular flexibility index (Phi) is 5.25. The van der Waals surface area contributed by atoms with Crippen LogP contribution in [0.3, 0.4) is 0 Å². The highest BCUT2D eigenvalue weighted by Crippen LogP contribution is 2.24. The maximum Gasteiger partial charge on any atom is 0.339 e. The van der Waals surface area contributed by atoms with Crippen molar-refractivity contribution in [1.29, 1.82) is 0 Å². The molecule has 150 valence electrons. The molecule has 1 amide bonds. The summed E-state index contributed by atoms with van der Waals surface area (Å²) < 4.78 is 0. The molecule has 0 spiro atoms. The van der Waals surface area contributed by atoms with Gasteiger partial charge in [0.25, 0.3) is 0 Å². The van der Waals surface area contributed by atoms with Crippen LogP contribution in [-0.4, -0.2) is 28.0 Å². The van der Waals surface area contributed by atoms with Crippen LogP contribution >= 0.6 is 11.6 Å². The van der Waals surface area contributed by atoms with E-state index >= 15 is 0 Å². The highest BCUT2D eigenvalue weighted by molar-refractivity contribution is 6.31. The molecular formula is C23H18ClN3O3. The van der Waals surface area contributed by atoms with Crippen LogP contribution in [-0.2, 0) is 4.79 Å². The molecule has 0 aliphatic carbocycles. The summed E-state index contributed by atoms with van der Waals surface area (Å²) in [4.78, 5) is 28.8. The number of pyridine rings is 1. The number of nitrogens with zero attached hydrogens (tertiary/aromatic N) is 1. The molecule has 7 heteroatoms. The minimum absolute atomic E-state index is 0.0323. The molecule has 0 aliphatic heterocycles. The third kappa shape index (κ3) is 4.04. The van der Waals surface area contributed by atoms with E-state index < -0.39 is 12.0 Å². The second-order valence-electron chi connectivity index (χ2n) is 6.94. The number of hydrogen-bond acceptors (Lipinski definition) is 4. The molecule has 3 N–H and O–H groups in total. The standard InChI is InChI=1S/C23H18ClN3O3/c1-13(22(28)26-18-8-6-14-4-2-3-5-15(14)11-18)25-21-19(23(29)30)12-16-10-17(24)7-9-20(16)27-21/h2-13H,1H3,(H,25,27)(H,26,28)(H,29,30). The van der Waals surface area contributed by atoms with Gasteiger partial charge in [-0.3, -0.25) is 4.79 Å². The lowest BCUT2D eigenvalue weighted by atomic mass is 10.1. The van der Waals surface area contributed by atoms with Crippen LogP contribution in [0.5, 0.6) is 0 Å². The van der Waals surface area contributed by atoms with E-state index in [1.807, 2.05) is 42.5 Å². The Balaban J connectivity index is 1.57. The van der Waals surface area contributed by atoms with E-state index in [2.05, 4.69) is 15.6 Å². The first kappa shape index (κ1) is 19.7. The number of anilines is 2. The topological polar surface area (TPSA) is 91.3 Å². The molecule has 0 fully saturated rings. The summed E-state index contributed by atoms with van der Waals surface area (Å²) in [5, 5.41) is 18.5. The first-order valence-electron chi connectivity index (χ1n) is 9.30. The van der Waals surface area contributed by atoms with Crippen LogP contribution in [0.4, 0.5) is 11.5 Å². The number of benzene rings is 3. The zero-order chi connectivity index (χ0) is 21.3. The highest BCUT2D eigenvalue weighted by atomic mass is 35.5. The van der Waals surface area contributed by atoms with Crippen molar-refractivity contribution in [1.82, 2.24) is 4.98 Å². The van der Waals surface area contributed by atoms with E-state index in [4.69, 9.17) is 11.6 Å². The second-order valence-corrected chi connectivity index (χ2v) is 7.38. The molecule has 4 rings (SSSR count). The van der Waals surface area contributed by atoms with Gasteiger partial charge in [-0.15, -0.1) is 0 Å². The SMILES string of the molecule is CC(Nc1nc2ccc(Cl)cc2cc1C(=O)O)C(=O)Nc1ccc2ccccc2c1. The lowest BCUT2D eigenvalue weighted by Gasteiger charge is -2.17. The van der Waals surface area contributed by atoms with Crippen LogP contribution in [0.2, 0.25) is 5.02 Å². The van der Waals surface area contributed by atoms with E-state index in [1.54, 1.807) is 25.1 Å². The summed E-state index contributed by atoms with van der Waals surface area (Å²) in [7, 11) is 0. The molecule has 0 radical (unpaired) electrons. The number of fused-ring (bicyclic) bond motifs is 2. The monoisotopic (exact) mass is 419 g/mol. The number of carboxylic acids is 1. The Hall–Kier alpha value is -3.64. The van der Waals surface area contributed by atoms with E-state index in [0.717, 1.165) is 10.8 Å². The first-order chi connectivity index (χ1) is 14.4. The zero-order valence-corrected chi connectivity index (χ0v) is 16.8. The lowest BCUT2D eigenvalue weighted by Crippen LogP contribution is -2.32. The minimum Gasteiger partial charge on any atom is -0.478 e. The second kappa shape index (κ2) is 8.00. The fraction of sp³-hybridized carbons (Fsp3) is 0.0870. The zero-order valence-electron chi connectivity index (χ0n) is 16.0. The number of amides is 1. The predicted molar refractivity (Wildman–Crippen MR) is 119 cm³/mol. The van der Waals surface area contributed by atoms with Crippen molar-refractivity contribution < 1.29 is 14.7 Å². The molecule has 3 aromatic carbocycles. The van der Waals surface area contributed by atoms with Crippen LogP contribution in [0.15, 0.2) is 66.7 Å². The number of nitrogens with one attached hydrogen (secondary N) is 2. The smallest absolute Gasteiger partial charge is 0.339 e. The quantitative estimate of drug-likeness (QED) is 0.414. The van der Waals surface area contributed by atoms with Crippen molar-refractivity contribution in [3.8, 4) is 0 Å². The molecule has 30 heavy (non-hydrogen) atoms. The van der Waals surface area contributed by atoms with Gasteiger partial charge >= 0.3 is 5.97 Å². The van der Waals surface area contributed by atoms with Gasteiger partial charge in [0, 0.05) is 16.1 Å². The summed E-state index contributed by atoms with van der Waals surface area (Å²) in [6.07, 6.45) is 0. The predicted octanol–water partition coefficient (Wildman–Crippen LogP) is 5.18. The fourth-order valence-electron chi connectivity index (χ4n) is 3.21. The molecule has 4 aromatic rings. The van der Waals surface area contributed by atoms with Crippen molar-refractivity contribution in [3.63, 3.8) is 0 Å². The molecule has 1 atom stereocenters. The number of carbonyl (C=O) groups excluding carboxylic acids is 1. The molecule has 0 saturated heterocycles. The summed E-state index contributed by atoms with van der Waals surface area (Å²) in [5.41, 5.74) is 1.20. The number of carboxylic acid groups (broad SMARTS) is 1. The van der Waals surface area contributed by atoms with Crippen molar-refractivity contribution in [2.24, 2.45) is 0 Å². The van der Waals surface area contributed by atoms with Crippen LogP contribution in [0, 0.1) is 0 Å². The van der Waals surface area contributed by atoms with E-state index in [1.165, 1.54) is 6.07 Å². The van der Waals surface area contributed by atoms with Gasteiger partial charge in [0.2, 0.25) is 5.91 Å². The summed E-state index contributed by atoms with van der Waals surface area (Å²) in [6, 6.07) is 19.3. The van der Waals surface area contributed by atoms with Gasteiger partial charge in [-0.2, -0.15) is 0 Å². The Morgan fingerprint density at radius 1 is 0.967 bits per heavy atom. The molecule has 0 bridgehead atoms. The summed E-state index contributed by atoms with van der Waals surface area (Å²) in [6.45, 7) is 1.65. The van der Waals surface area contributed by atoms with Crippen molar-refractivity contribution in [3.05, 3.63) is 77.3 Å². The number of carbonyl (C=O) groups is 2.